The summed E-state index contributed by atoms with van der Waals surface area (Å²) in [5.74, 6) is 4.50. The van der Waals surface area contributed by atoms with Gasteiger partial charge in [-0.3, -0.25) is 0 Å². The van der Waals surface area contributed by atoms with Crippen molar-refractivity contribution in [1.29, 1.82) is 0 Å². The molecule has 0 aliphatic heterocycles. The average Bonchev–Trinajstić information content (AvgIpc) is 2.71. The molecule has 0 bridgehead atoms. The Morgan fingerprint density at radius 2 is 1.96 bits per heavy atom. The highest BCUT2D eigenvalue weighted by Gasteiger charge is 2.08. The monoisotopic (exact) mass is 365 g/mol. The van der Waals surface area contributed by atoms with E-state index in [1.54, 1.807) is 7.11 Å². The highest BCUT2D eigenvalue weighted by Crippen LogP contribution is 2.28. The second-order valence-electron chi connectivity index (χ2n) is 5.95. The van der Waals surface area contributed by atoms with Gasteiger partial charge >= 0.3 is 0 Å². The van der Waals surface area contributed by atoms with E-state index in [1.165, 1.54) is 5.56 Å². The highest BCUT2D eigenvalue weighted by atomic mass is 16.5. The van der Waals surface area contributed by atoms with E-state index in [-0.39, 0.29) is 12.6 Å². The number of nitrogens with one attached hydrogen (secondary N) is 2. The van der Waals surface area contributed by atoms with Crippen LogP contribution in [0.2, 0.25) is 0 Å². The van der Waals surface area contributed by atoms with Gasteiger partial charge in [-0.05, 0) is 37.1 Å². The molecule has 1 atom stereocenters. The fourth-order valence-electron chi connectivity index (χ4n) is 2.57. The van der Waals surface area contributed by atoms with Crippen LogP contribution in [0.4, 0.5) is 0 Å². The van der Waals surface area contributed by atoms with E-state index >= 15 is 0 Å². The van der Waals surface area contributed by atoms with Gasteiger partial charge in [0.25, 0.3) is 0 Å². The summed E-state index contributed by atoms with van der Waals surface area (Å²) >= 11 is 0. The number of ether oxygens (including phenoxy) is 2. The molecule has 2 aromatic rings. The minimum Gasteiger partial charge on any atom is -0.493 e. The Kier molecular flexibility index (Phi) is 8.05. The number of rotatable bonds is 8. The molecule has 0 saturated heterocycles. The number of hydrogen-bond acceptors (Lipinski definition) is 3. The van der Waals surface area contributed by atoms with Gasteiger partial charge in [-0.25, -0.2) is 4.99 Å². The molecule has 0 fully saturated rings. The Morgan fingerprint density at radius 3 is 2.63 bits per heavy atom. The zero-order chi connectivity index (χ0) is 19.5. The minimum absolute atomic E-state index is 0.148. The maximum atomic E-state index is 5.55. The van der Waals surface area contributed by atoms with Crippen LogP contribution in [0.1, 0.15) is 31.0 Å². The fraction of sp³-hybridized carbons (Fsp3) is 0.318. The Balaban J connectivity index is 2.10. The number of aliphatic imine (C=N–C) groups is 1. The number of nitrogens with zero attached hydrogens (tertiary/aromatic N) is 1. The summed E-state index contributed by atoms with van der Waals surface area (Å²) in [6.45, 7) is 5.65. The van der Waals surface area contributed by atoms with E-state index in [1.807, 2.05) is 43.3 Å². The zero-order valence-electron chi connectivity index (χ0n) is 16.2. The van der Waals surface area contributed by atoms with Crippen molar-refractivity contribution in [3.05, 3.63) is 59.7 Å². The van der Waals surface area contributed by atoms with Gasteiger partial charge in [0.15, 0.2) is 17.5 Å². The van der Waals surface area contributed by atoms with Crippen LogP contribution in [-0.4, -0.2) is 26.2 Å². The second kappa shape index (κ2) is 10.8. The number of terminal acetylenes is 1. The molecule has 0 amide bonds. The highest BCUT2D eigenvalue weighted by molar-refractivity contribution is 5.80. The van der Waals surface area contributed by atoms with Crippen molar-refractivity contribution in [3.8, 4) is 23.8 Å². The Hall–Kier alpha value is -3.13. The predicted octanol–water partition coefficient (Wildman–Crippen LogP) is 3.52. The average molecular weight is 365 g/mol. The van der Waals surface area contributed by atoms with Crippen LogP contribution in [0.25, 0.3) is 0 Å². The molecule has 0 aliphatic rings. The lowest BCUT2D eigenvalue weighted by atomic mass is 10.1. The summed E-state index contributed by atoms with van der Waals surface area (Å²) in [5, 5.41) is 6.71. The van der Waals surface area contributed by atoms with Crippen LogP contribution in [0.3, 0.4) is 0 Å². The molecule has 5 heteroatoms. The van der Waals surface area contributed by atoms with Gasteiger partial charge in [0.2, 0.25) is 0 Å². The lowest BCUT2D eigenvalue weighted by Gasteiger charge is -2.18. The molecule has 142 valence electrons. The first-order chi connectivity index (χ1) is 13.2. The normalized spacial score (nSPS) is 12.0. The third kappa shape index (κ3) is 6.27. The minimum atomic E-state index is 0.148. The molecule has 2 N–H and O–H groups in total. The smallest absolute Gasteiger partial charge is 0.192 e. The number of benzene rings is 2. The largest absolute Gasteiger partial charge is 0.493 e. The summed E-state index contributed by atoms with van der Waals surface area (Å²) in [4.78, 5) is 4.68. The predicted molar refractivity (Wildman–Crippen MR) is 110 cm³/mol. The van der Waals surface area contributed by atoms with E-state index in [2.05, 4.69) is 40.6 Å². The number of hydrogen-bond donors (Lipinski definition) is 2. The molecule has 0 radical (unpaired) electrons. The van der Waals surface area contributed by atoms with Crippen LogP contribution in [0.15, 0.2) is 53.5 Å². The molecule has 5 nitrogen and oxygen atoms in total. The topological polar surface area (TPSA) is 54.9 Å². The van der Waals surface area contributed by atoms with Gasteiger partial charge in [0, 0.05) is 6.54 Å². The van der Waals surface area contributed by atoms with Crippen molar-refractivity contribution in [2.45, 2.75) is 26.4 Å². The third-order valence-electron chi connectivity index (χ3n) is 3.96. The van der Waals surface area contributed by atoms with Gasteiger partial charge in [-0.1, -0.05) is 42.3 Å². The van der Waals surface area contributed by atoms with Gasteiger partial charge in [-0.15, -0.1) is 6.42 Å². The van der Waals surface area contributed by atoms with Gasteiger partial charge in [0.1, 0.15) is 6.61 Å². The van der Waals surface area contributed by atoms with Crippen LogP contribution in [0, 0.1) is 12.3 Å². The zero-order valence-corrected chi connectivity index (χ0v) is 16.2. The van der Waals surface area contributed by atoms with Gasteiger partial charge in [-0.2, -0.15) is 0 Å². The molecule has 0 spiro atoms. The van der Waals surface area contributed by atoms with Gasteiger partial charge in [0.05, 0.1) is 19.7 Å². The van der Waals surface area contributed by atoms with Crippen LogP contribution < -0.4 is 20.1 Å². The van der Waals surface area contributed by atoms with Crippen LogP contribution in [0.5, 0.6) is 11.5 Å². The Labute approximate surface area is 161 Å². The molecule has 0 aromatic heterocycles. The van der Waals surface area contributed by atoms with Crippen molar-refractivity contribution >= 4 is 5.96 Å². The van der Waals surface area contributed by atoms with Crippen molar-refractivity contribution in [3.63, 3.8) is 0 Å². The lowest BCUT2D eigenvalue weighted by Crippen LogP contribution is -2.38. The van der Waals surface area contributed by atoms with E-state index in [0.29, 0.717) is 18.0 Å². The molecular formula is C22H27N3O2. The SMILES string of the molecule is C#CCOc1cc(CN=C(NCC)NC(C)c2ccccc2)ccc1OC. The van der Waals surface area contributed by atoms with Crippen molar-refractivity contribution < 1.29 is 9.47 Å². The molecule has 2 rings (SSSR count). The number of methoxy groups -OCH3 is 1. The first-order valence-corrected chi connectivity index (χ1v) is 9.00. The van der Waals surface area contributed by atoms with Gasteiger partial charge < -0.3 is 20.1 Å². The Bertz CT molecular complexity index is 782. The summed E-state index contributed by atoms with van der Waals surface area (Å²) < 4.78 is 10.9. The molecular weight excluding hydrogens is 338 g/mol. The molecule has 1 unspecified atom stereocenters. The standard InChI is InChI=1S/C22H27N3O2/c1-5-14-27-21-15-18(12-13-20(21)26-4)16-24-22(23-6-2)25-17(3)19-10-8-7-9-11-19/h1,7-13,15,17H,6,14,16H2,2-4H3,(H2,23,24,25). The lowest BCUT2D eigenvalue weighted by molar-refractivity contribution is 0.330. The van der Waals surface area contributed by atoms with Crippen molar-refractivity contribution in [2.24, 2.45) is 4.99 Å². The molecule has 27 heavy (non-hydrogen) atoms. The fourth-order valence-corrected chi connectivity index (χ4v) is 2.57. The van der Waals surface area contributed by atoms with E-state index in [9.17, 15) is 0 Å². The van der Waals surface area contributed by atoms with Crippen LogP contribution in [-0.2, 0) is 6.54 Å². The van der Waals surface area contributed by atoms with Crippen molar-refractivity contribution in [1.82, 2.24) is 10.6 Å². The quantitative estimate of drug-likeness (QED) is 0.427. The van der Waals surface area contributed by atoms with E-state index < -0.39 is 0 Å². The maximum absolute atomic E-state index is 5.55. The van der Waals surface area contributed by atoms with Crippen LogP contribution >= 0.6 is 0 Å². The summed E-state index contributed by atoms with van der Waals surface area (Å²) in [5.41, 5.74) is 2.21. The first kappa shape index (κ1) is 20.2. The molecule has 0 aliphatic carbocycles. The molecule has 0 saturated carbocycles. The van der Waals surface area contributed by atoms with E-state index in [0.717, 1.165) is 18.1 Å². The maximum Gasteiger partial charge on any atom is 0.192 e. The molecule has 0 heterocycles. The van der Waals surface area contributed by atoms with E-state index in [4.69, 9.17) is 15.9 Å². The van der Waals surface area contributed by atoms with Crippen molar-refractivity contribution in [2.75, 3.05) is 20.3 Å². The number of guanidine groups is 1. The first-order valence-electron chi connectivity index (χ1n) is 9.00. The Morgan fingerprint density at radius 1 is 1.19 bits per heavy atom. The summed E-state index contributed by atoms with van der Waals surface area (Å²) in [7, 11) is 1.61. The summed E-state index contributed by atoms with van der Waals surface area (Å²) in [6.07, 6.45) is 5.28. The third-order valence-corrected chi connectivity index (χ3v) is 3.96. The second-order valence-corrected chi connectivity index (χ2v) is 5.95. The summed E-state index contributed by atoms with van der Waals surface area (Å²) in [6, 6.07) is 16.2. The molecule has 2 aromatic carbocycles.